The molecule has 0 saturated heterocycles. The van der Waals surface area contributed by atoms with E-state index in [0.29, 0.717) is 0 Å². The average molecular weight is 985 g/mol. The van der Waals surface area contributed by atoms with Crippen molar-refractivity contribution in [2.75, 3.05) is 9.80 Å². The number of hydrogen-bond donors (Lipinski definition) is 0. The fourth-order valence-electron chi connectivity index (χ4n) is 10.7. The predicted octanol–water partition coefficient (Wildman–Crippen LogP) is 19.9. The van der Waals surface area contributed by atoms with Gasteiger partial charge in [0, 0.05) is 38.9 Å². The zero-order chi connectivity index (χ0) is 52.2. The van der Waals surface area contributed by atoms with Crippen molar-refractivity contribution in [3.05, 3.63) is 310 Å². The van der Waals surface area contributed by atoms with Crippen LogP contribution in [0.2, 0.25) is 0 Å². The van der Waals surface area contributed by atoms with E-state index < -0.39 is 0 Å². The third-order valence-corrected chi connectivity index (χ3v) is 15.0. The molecule has 0 fully saturated rings. The van der Waals surface area contributed by atoms with Crippen molar-refractivity contribution in [3.63, 3.8) is 0 Å². The number of rotatable bonds is 14. The molecular weight excluding hydrogens is 917 g/mol. The molecule has 11 aromatic rings. The van der Waals surface area contributed by atoms with Gasteiger partial charge in [-0.3, -0.25) is 0 Å². The van der Waals surface area contributed by atoms with E-state index in [-0.39, 0.29) is 10.8 Å². The Kier molecular flexibility index (Phi) is 14.0. The molecule has 0 unspecified atom stereocenters. The fraction of sp³-hybridized carbons (Fsp3) is 0.162. The smallest absolute Gasteiger partial charge is 0.0619 e. The van der Waals surface area contributed by atoms with Gasteiger partial charge < -0.3 is 9.80 Å². The Labute approximate surface area is 451 Å². The van der Waals surface area contributed by atoms with Gasteiger partial charge >= 0.3 is 0 Å². The van der Waals surface area contributed by atoms with Crippen LogP contribution in [-0.4, -0.2) is 0 Å². The number of benzene rings is 11. The highest BCUT2D eigenvalue weighted by Crippen LogP contribution is 2.50. The van der Waals surface area contributed by atoms with Crippen molar-refractivity contribution in [2.45, 2.75) is 78.1 Å². The highest BCUT2D eigenvalue weighted by atomic mass is 15.2. The van der Waals surface area contributed by atoms with E-state index >= 15 is 0 Å². The molecule has 0 aliphatic carbocycles. The van der Waals surface area contributed by atoms with Gasteiger partial charge in [-0.15, -0.1) is 0 Å². The summed E-state index contributed by atoms with van der Waals surface area (Å²) in [6, 6.07) is 95.0. The zero-order valence-corrected chi connectivity index (χ0v) is 45.0. The number of fused-ring (bicyclic) bond motifs is 2. The van der Waals surface area contributed by atoms with E-state index in [0.717, 1.165) is 54.1 Å². The minimum absolute atomic E-state index is 0.0554. The van der Waals surface area contributed by atoms with E-state index in [2.05, 4.69) is 306 Å². The van der Waals surface area contributed by atoms with Crippen molar-refractivity contribution in [1.29, 1.82) is 0 Å². The van der Waals surface area contributed by atoms with Crippen molar-refractivity contribution in [2.24, 2.45) is 0 Å². The third kappa shape index (κ3) is 11.1. The molecule has 76 heavy (non-hydrogen) atoms. The van der Waals surface area contributed by atoms with Crippen molar-refractivity contribution in [1.82, 2.24) is 0 Å². The second-order valence-electron chi connectivity index (χ2n) is 22.7. The summed E-state index contributed by atoms with van der Waals surface area (Å²) < 4.78 is 0. The Hall–Kier alpha value is -8.46. The van der Waals surface area contributed by atoms with Crippen LogP contribution in [-0.2, 0) is 36.5 Å². The molecule has 0 aliphatic heterocycles. The van der Waals surface area contributed by atoms with Crippen LogP contribution in [0.25, 0.3) is 21.5 Å². The maximum Gasteiger partial charge on any atom is 0.0619 e. The van der Waals surface area contributed by atoms with E-state index in [1.54, 1.807) is 0 Å². The van der Waals surface area contributed by atoms with Crippen LogP contribution >= 0.6 is 0 Å². The summed E-state index contributed by atoms with van der Waals surface area (Å²) in [5.74, 6) is 0. The molecule has 0 aromatic heterocycles. The van der Waals surface area contributed by atoms with Crippen molar-refractivity contribution in [3.8, 4) is 0 Å². The fourth-order valence-corrected chi connectivity index (χ4v) is 10.7. The van der Waals surface area contributed by atoms with Crippen LogP contribution in [0.4, 0.5) is 34.1 Å². The minimum Gasteiger partial charge on any atom is -0.310 e. The van der Waals surface area contributed by atoms with Crippen molar-refractivity contribution >= 4 is 55.7 Å². The second-order valence-corrected chi connectivity index (χ2v) is 22.7. The molecule has 2 heteroatoms. The van der Waals surface area contributed by atoms with E-state index in [1.807, 2.05) is 0 Å². The number of anilines is 6. The maximum absolute atomic E-state index is 2.54. The largest absolute Gasteiger partial charge is 0.310 e. The summed E-state index contributed by atoms with van der Waals surface area (Å²) in [6.07, 6.45) is 3.49. The molecule has 0 saturated carbocycles. The Bertz CT molecular complexity index is 3530. The number of nitrogens with zero attached hydrogens (tertiary/aromatic N) is 2. The standard InChI is InChI=1S/C74H68N2/c1-73(2,3)62-35-44-68-61(49-62)50-69-70(72(68)76(66-40-31-59(32-41-66)47-55-23-15-9-16-24-55)67-42-33-60(34-43-67)48-56-25-17-10-18-26-56)51-63(74(4,5)6)52-71(69)75(64-36-27-57(28-37-64)45-53-19-11-7-12-20-53)65-38-29-58(30-39-65)46-54-21-13-8-14-22-54/h7-44,49-52H,45-48H2,1-6H3. The van der Waals surface area contributed by atoms with Crippen LogP contribution < -0.4 is 9.80 Å². The summed E-state index contributed by atoms with van der Waals surface area (Å²) in [7, 11) is 0. The first kappa shape index (κ1) is 49.7. The van der Waals surface area contributed by atoms with Crippen LogP contribution in [0, 0.1) is 0 Å². The van der Waals surface area contributed by atoms with E-state index in [4.69, 9.17) is 0 Å². The molecule has 0 bridgehead atoms. The molecule has 0 atom stereocenters. The molecule has 0 amide bonds. The molecule has 0 aliphatic rings. The van der Waals surface area contributed by atoms with Gasteiger partial charge in [-0.2, -0.15) is 0 Å². The van der Waals surface area contributed by atoms with Crippen molar-refractivity contribution < 1.29 is 0 Å². The van der Waals surface area contributed by atoms with Gasteiger partial charge in [-0.1, -0.05) is 230 Å². The van der Waals surface area contributed by atoms with Gasteiger partial charge in [-0.25, -0.2) is 0 Å². The van der Waals surface area contributed by atoms with Gasteiger partial charge in [0.1, 0.15) is 0 Å². The Balaban J connectivity index is 1.16. The Morgan fingerprint density at radius 3 is 0.934 bits per heavy atom. The SMILES string of the molecule is CC(C)(C)c1ccc2c(N(c3ccc(Cc4ccccc4)cc3)c3ccc(Cc4ccccc4)cc3)c3cc(C(C)(C)C)cc(N(c4ccc(Cc5ccccc5)cc4)c4ccc(Cc5ccccc5)cc4)c3cc2c1. The summed E-state index contributed by atoms with van der Waals surface area (Å²) in [4.78, 5) is 5.05. The van der Waals surface area contributed by atoms with Gasteiger partial charge in [0.05, 0.1) is 11.4 Å². The average Bonchev–Trinajstić information content (AvgIpc) is 3.47. The maximum atomic E-state index is 2.54. The van der Waals surface area contributed by atoms with Crippen LogP contribution in [0.3, 0.4) is 0 Å². The number of hydrogen-bond acceptors (Lipinski definition) is 2. The zero-order valence-electron chi connectivity index (χ0n) is 45.0. The first-order valence-electron chi connectivity index (χ1n) is 27.1. The normalized spacial score (nSPS) is 11.8. The molecule has 11 rings (SSSR count). The van der Waals surface area contributed by atoms with E-state index in [1.165, 1.54) is 82.9 Å². The molecular formula is C74H68N2. The quantitative estimate of drug-likeness (QED) is 0.100. The lowest BCUT2D eigenvalue weighted by atomic mass is 9.82. The van der Waals surface area contributed by atoms with Gasteiger partial charge in [-0.05, 0) is 164 Å². The van der Waals surface area contributed by atoms with Crippen LogP contribution in [0.1, 0.15) is 97.2 Å². The Morgan fingerprint density at radius 1 is 0.263 bits per heavy atom. The molecule has 0 radical (unpaired) electrons. The molecule has 0 spiro atoms. The lowest BCUT2D eigenvalue weighted by Crippen LogP contribution is -2.17. The summed E-state index contributed by atoms with van der Waals surface area (Å²) in [6.45, 7) is 14.0. The first-order valence-corrected chi connectivity index (χ1v) is 27.1. The van der Waals surface area contributed by atoms with Crippen LogP contribution in [0.5, 0.6) is 0 Å². The topological polar surface area (TPSA) is 6.48 Å². The Morgan fingerprint density at radius 2 is 0.592 bits per heavy atom. The third-order valence-electron chi connectivity index (χ3n) is 15.0. The van der Waals surface area contributed by atoms with Gasteiger partial charge in [0.2, 0.25) is 0 Å². The van der Waals surface area contributed by atoms with E-state index in [9.17, 15) is 0 Å². The molecule has 2 nitrogen and oxygen atoms in total. The summed E-state index contributed by atoms with van der Waals surface area (Å²) in [5, 5.41) is 4.81. The lowest BCUT2D eigenvalue weighted by molar-refractivity contribution is 0.591. The molecule has 0 N–H and O–H groups in total. The summed E-state index contributed by atoms with van der Waals surface area (Å²) in [5.41, 5.74) is 19.5. The highest BCUT2D eigenvalue weighted by Gasteiger charge is 2.27. The monoisotopic (exact) mass is 985 g/mol. The minimum atomic E-state index is -0.182. The lowest BCUT2D eigenvalue weighted by Gasteiger charge is -2.33. The van der Waals surface area contributed by atoms with Gasteiger partial charge in [0.25, 0.3) is 0 Å². The molecule has 0 heterocycles. The molecule has 374 valence electrons. The summed E-state index contributed by atoms with van der Waals surface area (Å²) >= 11 is 0. The van der Waals surface area contributed by atoms with Gasteiger partial charge in [0.15, 0.2) is 0 Å². The molecule has 11 aromatic carbocycles. The second kappa shape index (κ2) is 21.4. The van der Waals surface area contributed by atoms with Crippen LogP contribution in [0.15, 0.2) is 255 Å². The predicted molar refractivity (Wildman–Crippen MR) is 325 cm³/mol. The first-order chi connectivity index (χ1) is 36.9. The highest BCUT2D eigenvalue weighted by molar-refractivity contribution is 6.18.